The minimum atomic E-state index is -1.38. The fourth-order valence-corrected chi connectivity index (χ4v) is 2.60. The lowest BCUT2D eigenvalue weighted by Crippen LogP contribution is -2.36. The maximum atomic E-state index is 12.1. The molecule has 1 saturated heterocycles. The van der Waals surface area contributed by atoms with Crippen molar-refractivity contribution in [1.82, 2.24) is 9.55 Å². The SMILES string of the molecule is C/C(=C\c1cn([C@@H]2O[C@H](CO)[C@@H](O)[C@@H]2O)c(=O)nc1N)CCCO. The molecule has 9 nitrogen and oxygen atoms in total. The summed E-state index contributed by atoms with van der Waals surface area (Å²) in [7, 11) is 0. The zero-order valence-corrected chi connectivity index (χ0v) is 13.4. The summed E-state index contributed by atoms with van der Waals surface area (Å²) in [6, 6.07) is 0. The van der Waals surface area contributed by atoms with Gasteiger partial charge < -0.3 is 30.9 Å². The van der Waals surface area contributed by atoms with Crippen molar-refractivity contribution in [3.63, 3.8) is 0 Å². The third kappa shape index (κ3) is 3.82. The van der Waals surface area contributed by atoms with Gasteiger partial charge in [0.1, 0.15) is 24.1 Å². The molecule has 2 rings (SSSR count). The number of anilines is 1. The number of hydrogen-bond donors (Lipinski definition) is 5. The van der Waals surface area contributed by atoms with Gasteiger partial charge in [-0.3, -0.25) is 4.57 Å². The van der Waals surface area contributed by atoms with E-state index in [-0.39, 0.29) is 12.4 Å². The normalized spacial score (nSPS) is 27.6. The van der Waals surface area contributed by atoms with Crippen LogP contribution in [0.5, 0.6) is 0 Å². The van der Waals surface area contributed by atoms with E-state index in [9.17, 15) is 15.0 Å². The predicted molar refractivity (Wildman–Crippen MR) is 85.9 cm³/mol. The third-order valence-electron chi connectivity index (χ3n) is 3.93. The van der Waals surface area contributed by atoms with E-state index in [1.807, 2.05) is 6.92 Å². The van der Waals surface area contributed by atoms with Crippen LogP contribution in [0, 0.1) is 0 Å². The summed E-state index contributed by atoms with van der Waals surface area (Å²) in [6.45, 7) is 1.44. The molecule has 0 unspecified atom stereocenters. The van der Waals surface area contributed by atoms with Gasteiger partial charge in [-0.2, -0.15) is 4.98 Å². The van der Waals surface area contributed by atoms with Gasteiger partial charge in [0.2, 0.25) is 0 Å². The van der Waals surface area contributed by atoms with Crippen molar-refractivity contribution in [2.75, 3.05) is 18.9 Å². The molecule has 0 spiro atoms. The van der Waals surface area contributed by atoms with Gasteiger partial charge in [0.05, 0.1) is 6.61 Å². The molecule has 0 bridgehead atoms. The first kappa shape index (κ1) is 18.6. The Labute approximate surface area is 138 Å². The molecule has 9 heteroatoms. The number of aromatic nitrogens is 2. The first-order chi connectivity index (χ1) is 11.4. The van der Waals surface area contributed by atoms with Crippen molar-refractivity contribution >= 4 is 11.9 Å². The van der Waals surface area contributed by atoms with Crippen molar-refractivity contribution in [1.29, 1.82) is 0 Å². The van der Waals surface area contributed by atoms with Gasteiger partial charge in [-0.1, -0.05) is 11.6 Å². The molecule has 134 valence electrons. The van der Waals surface area contributed by atoms with Crippen LogP contribution < -0.4 is 11.4 Å². The molecule has 0 aromatic carbocycles. The molecule has 0 saturated carbocycles. The number of ether oxygens (including phenoxy) is 1. The van der Waals surface area contributed by atoms with Gasteiger partial charge in [-0.15, -0.1) is 0 Å². The van der Waals surface area contributed by atoms with Crippen molar-refractivity contribution in [3.05, 3.63) is 27.8 Å². The van der Waals surface area contributed by atoms with Gasteiger partial charge >= 0.3 is 5.69 Å². The number of aliphatic hydroxyl groups is 4. The fraction of sp³-hybridized carbons (Fsp3) is 0.600. The first-order valence-electron chi connectivity index (χ1n) is 7.68. The highest BCUT2D eigenvalue weighted by atomic mass is 16.6. The number of aliphatic hydroxyl groups excluding tert-OH is 4. The summed E-state index contributed by atoms with van der Waals surface area (Å²) in [4.78, 5) is 15.8. The zero-order chi connectivity index (χ0) is 17.9. The molecule has 1 aliphatic rings. The molecule has 24 heavy (non-hydrogen) atoms. The lowest BCUT2D eigenvalue weighted by Gasteiger charge is -2.18. The molecule has 1 aliphatic heterocycles. The molecule has 2 heterocycles. The lowest BCUT2D eigenvalue weighted by molar-refractivity contribution is -0.0549. The second kappa shape index (κ2) is 7.86. The number of nitrogen functional groups attached to an aromatic ring is 1. The van der Waals surface area contributed by atoms with Crippen LogP contribution in [-0.4, -0.2) is 61.5 Å². The highest BCUT2D eigenvalue weighted by Crippen LogP contribution is 2.28. The van der Waals surface area contributed by atoms with Gasteiger partial charge in [-0.25, -0.2) is 4.79 Å². The molecule has 1 aromatic rings. The van der Waals surface area contributed by atoms with Crippen molar-refractivity contribution in [3.8, 4) is 0 Å². The Kier molecular flexibility index (Phi) is 6.08. The average Bonchev–Trinajstić information content (AvgIpc) is 2.83. The van der Waals surface area contributed by atoms with Gasteiger partial charge in [0.15, 0.2) is 6.23 Å². The summed E-state index contributed by atoms with van der Waals surface area (Å²) in [5.41, 5.74) is 6.44. The van der Waals surface area contributed by atoms with E-state index in [0.29, 0.717) is 18.4 Å². The van der Waals surface area contributed by atoms with E-state index < -0.39 is 36.8 Å². The van der Waals surface area contributed by atoms with E-state index >= 15 is 0 Å². The first-order valence-corrected chi connectivity index (χ1v) is 7.68. The van der Waals surface area contributed by atoms with Crippen LogP contribution in [0.4, 0.5) is 5.82 Å². The zero-order valence-electron chi connectivity index (χ0n) is 13.4. The molecule has 0 radical (unpaired) electrons. The highest BCUT2D eigenvalue weighted by Gasteiger charge is 2.43. The topological polar surface area (TPSA) is 151 Å². The fourth-order valence-electron chi connectivity index (χ4n) is 2.60. The van der Waals surface area contributed by atoms with Crippen molar-refractivity contribution in [2.24, 2.45) is 0 Å². The maximum Gasteiger partial charge on any atom is 0.351 e. The third-order valence-corrected chi connectivity index (χ3v) is 3.93. The summed E-state index contributed by atoms with van der Waals surface area (Å²) in [5, 5.41) is 37.9. The van der Waals surface area contributed by atoms with Crippen LogP contribution in [0.1, 0.15) is 31.6 Å². The van der Waals surface area contributed by atoms with E-state index in [4.69, 9.17) is 20.7 Å². The van der Waals surface area contributed by atoms with Gasteiger partial charge in [-0.05, 0) is 19.8 Å². The number of allylic oxidation sites excluding steroid dienone is 1. The smallest absolute Gasteiger partial charge is 0.351 e. The molecule has 1 fully saturated rings. The summed E-state index contributed by atoms with van der Waals surface area (Å²) in [6.07, 6.45) is -0.454. The largest absolute Gasteiger partial charge is 0.396 e. The Balaban J connectivity index is 2.35. The standard InChI is InChI=1S/C15H23N3O6/c1-8(3-2-4-19)5-9-6-18(15(23)17-13(9)16)14-12(22)11(21)10(7-20)24-14/h5-6,10-12,14,19-22H,2-4,7H2,1H3,(H2,16,17,23)/b8-5+/t10-,11-,12+,14-/m1/s1. The predicted octanol–water partition coefficient (Wildman–Crippen LogP) is -1.39. The quantitative estimate of drug-likeness (QED) is 0.424. The van der Waals surface area contributed by atoms with Crippen molar-refractivity contribution < 1.29 is 25.2 Å². The van der Waals surface area contributed by atoms with Gasteiger partial charge in [0.25, 0.3) is 0 Å². The number of nitrogens with zero attached hydrogens (tertiary/aromatic N) is 2. The Morgan fingerprint density at radius 2 is 2.12 bits per heavy atom. The maximum absolute atomic E-state index is 12.1. The molecule has 4 atom stereocenters. The van der Waals surface area contributed by atoms with Crippen LogP contribution in [-0.2, 0) is 4.74 Å². The van der Waals surface area contributed by atoms with Crippen LogP contribution in [0.15, 0.2) is 16.6 Å². The molecule has 0 amide bonds. The van der Waals surface area contributed by atoms with Crippen LogP contribution in [0.25, 0.3) is 6.08 Å². The number of rotatable bonds is 6. The molecular formula is C15H23N3O6. The second-order valence-corrected chi connectivity index (χ2v) is 5.82. The van der Waals surface area contributed by atoms with E-state index in [1.165, 1.54) is 6.20 Å². The second-order valence-electron chi connectivity index (χ2n) is 5.82. The monoisotopic (exact) mass is 341 g/mol. The molecular weight excluding hydrogens is 318 g/mol. The van der Waals surface area contributed by atoms with E-state index in [1.54, 1.807) is 6.08 Å². The summed E-state index contributed by atoms with van der Waals surface area (Å²) >= 11 is 0. The van der Waals surface area contributed by atoms with Gasteiger partial charge in [0, 0.05) is 18.4 Å². The molecule has 6 N–H and O–H groups in total. The Morgan fingerprint density at radius 3 is 2.71 bits per heavy atom. The Morgan fingerprint density at radius 1 is 1.42 bits per heavy atom. The number of hydrogen-bond acceptors (Lipinski definition) is 8. The lowest BCUT2D eigenvalue weighted by atomic mass is 10.1. The van der Waals surface area contributed by atoms with E-state index in [0.717, 1.165) is 10.1 Å². The van der Waals surface area contributed by atoms with E-state index in [2.05, 4.69) is 4.98 Å². The summed E-state index contributed by atoms with van der Waals surface area (Å²) < 4.78 is 6.39. The van der Waals surface area contributed by atoms with Crippen molar-refractivity contribution in [2.45, 2.75) is 44.3 Å². The molecule has 1 aromatic heterocycles. The Bertz CT molecular complexity index is 659. The highest BCUT2D eigenvalue weighted by molar-refractivity contribution is 5.61. The molecule has 0 aliphatic carbocycles. The van der Waals surface area contributed by atoms with Crippen LogP contribution >= 0.6 is 0 Å². The minimum absolute atomic E-state index is 0.0336. The Hall–Kier alpha value is -1.78. The average molecular weight is 341 g/mol. The van der Waals surface area contributed by atoms with Crippen LogP contribution in [0.2, 0.25) is 0 Å². The summed E-state index contributed by atoms with van der Waals surface area (Å²) in [5.74, 6) is 0.0336. The number of nitrogens with two attached hydrogens (primary N) is 1. The minimum Gasteiger partial charge on any atom is -0.396 e. The van der Waals surface area contributed by atoms with Crippen LogP contribution in [0.3, 0.4) is 0 Å².